The van der Waals surface area contributed by atoms with Crippen LogP contribution in [0.1, 0.15) is 13.3 Å². The largest absolute Gasteiger partial charge is 0.382 e. The molecule has 7 nitrogen and oxygen atoms in total. The van der Waals surface area contributed by atoms with Crippen molar-refractivity contribution >= 4 is 11.8 Å². The van der Waals surface area contributed by atoms with Crippen molar-refractivity contribution in [3.05, 3.63) is 0 Å². The van der Waals surface area contributed by atoms with E-state index in [-0.39, 0.29) is 18.9 Å². The van der Waals surface area contributed by atoms with Gasteiger partial charge >= 0.3 is 0 Å². The second kappa shape index (κ2) is 9.39. The number of nitrogens with two attached hydrogens (primary N) is 1. The number of methoxy groups -OCH3 is 1. The number of nitrogens with zero attached hydrogens (tertiary/aromatic N) is 1. The van der Waals surface area contributed by atoms with E-state index in [2.05, 4.69) is 5.32 Å². The van der Waals surface area contributed by atoms with Crippen LogP contribution in [0.3, 0.4) is 0 Å². The molecule has 0 rings (SSSR count). The molecular formula is C11H19N3O4. The second-order valence-corrected chi connectivity index (χ2v) is 3.83. The van der Waals surface area contributed by atoms with Gasteiger partial charge in [0.1, 0.15) is 12.6 Å². The van der Waals surface area contributed by atoms with Gasteiger partial charge in [0, 0.05) is 13.5 Å². The summed E-state index contributed by atoms with van der Waals surface area (Å²) in [5, 5.41) is 11.0. The van der Waals surface area contributed by atoms with Crippen LogP contribution in [0.25, 0.3) is 0 Å². The van der Waals surface area contributed by atoms with Crippen molar-refractivity contribution in [2.24, 2.45) is 11.7 Å². The van der Waals surface area contributed by atoms with Crippen molar-refractivity contribution in [2.45, 2.75) is 19.4 Å². The lowest BCUT2D eigenvalue weighted by Crippen LogP contribution is -2.49. The Balaban J connectivity index is 4.13. The number of rotatable bonds is 9. The van der Waals surface area contributed by atoms with E-state index >= 15 is 0 Å². The van der Waals surface area contributed by atoms with Crippen molar-refractivity contribution in [3.63, 3.8) is 0 Å². The number of amides is 2. The Bertz CT molecular complexity index is 314. The van der Waals surface area contributed by atoms with Crippen molar-refractivity contribution in [1.82, 2.24) is 5.32 Å². The zero-order chi connectivity index (χ0) is 14.0. The number of hydrogen-bond acceptors (Lipinski definition) is 5. The maximum atomic E-state index is 11.5. The van der Waals surface area contributed by atoms with E-state index in [1.807, 2.05) is 6.07 Å². The van der Waals surface area contributed by atoms with E-state index in [4.69, 9.17) is 20.5 Å². The molecule has 0 aromatic heterocycles. The molecule has 0 heterocycles. The van der Waals surface area contributed by atoms with Crippen LogP contribution in [0.4, 0.5) is 0 Å². The van der Waals surface area contributed by atoms with Gasteiger partial charge in [-0.1, -0.05) is 6.92 Å². The summed E-state index contributed by atoms with van der Waals surface area (Å²) in [5.41, 5.74) is 5.17. The van der Waals surface area contributed by atoms with Crippen LogP contribution in [0.5, 0.6) is 0 Å². The van der Waals surface area contributed by atoms with Crippen molar-refractivity contribution in [2.75, 3.05) is 26.9 Å². The molecule has 0 fully saturated rings. The molecule has 0 radical (unpaired) electrons. The van der Waals surface area contributed by atoms with Crippen LogP contribution in [0, 0.1) is 17.2 Å². The summed E-state index contributed by atoms with van der Waals surface area (Å²) < 4.78 is 9.75. The molecule has 0 aromatic rings. The van der Waals surface area contributed by atoms with Gasteiger partial charge in [-0.05, 0) is 5.92 Å². The number of carbonyl (C=O) groups excluding carboxylic acids is 2. The zero-order valence-electron chi connectivity index (χ0n) is 10.6. The summed E-state index contributed by atoms with van der Waals surface area (Å²) >= 11 is 0. The summed E-state index contributed by atoms with van der Waals surface area (Å²) in [5.74, 6) is -1.45. The standard InChI is InChI=1S/C11H19N3O4/c1-8(3-4-12)10(11(13)16)14-9(15)7-18-6-5-17-2/h8,10H,3,5-7H2,1-2H3,(H2,13,16)(H,14,15)/t8-,10-/m0/s1. The molecule has 0 saturated heterocycles. The molecule has 0 spiro atoms. The third-order valence-corrected chi connectivity index (χ3v) is 2.27. The molecule has 2 atom stereocenters. The number of primary amides is 1. The minimum Gasteiger partial charge on any atom is -0.382 e. The normalized spacial score (nSPS) is 13.4. The van der Waals surface area contributed by atoms with Gasteiger partial charge in [-0.15, -0.1) is 0 Å². The Morgan fingerprint density at radius 1 is 1.44 bits per heavy atom. The van der Waals surface area contributed by atoms with Gasteiger partial charge < -0.3 is 20.5 Å². The van der Waals surface area contributed by atoms with E-state index in [0.717, 1.165) is 0 Å². The third kappa shape index (κ3) is 6.83. The number of ether oxygens (including phenoxy) is 2. The quantitative estimate of drug-likeness (QED) is 0.523. The lowest BCUT2D eigenvalue weighted by Gasteiger charge is -2.20. The Morgan fingerprint density at radius 3 is 2.61 bits per heavy atom. The summed E-state index contributed by atoms with van der Waals surface area (Å²) in [6, 6.07) is 1.07. The van der Waals surface area contributed by atoms with E-state index in [1.165, 1.54) is 7.11 Å². The van der Waals surface area contributed by atoms with Gasteiger partial charge in [0.25, 0.3) is 0 Å². The first-order chi connectivity index (χ1) is 8.52. The smallest absolute Gasteiger partial charge is 0.246 e. The summed E-state index contributed by atoms with van der Waals surface area (Å²) in [4.78, 5) is 22.6. The molecule has 2 amide bonds. The third-order valence-electron chi connectivity index (χ3n) is 2.27. The predicted molar refractivity (Wildman–Crippen MR) is 63.2 cm³/mol. The number of carbonyl (C=O) groups is 2. The highest BCUT2D eigenvalue weighted by molar-refractivity contribution is 5.87. The second-order valence-electron chi connectivity index (χ2n) is 3.83. The molecule has 7 heteroatoms. The zero-order valence-corrected chi connectivity index (χ0v) is 10.6. The van der Waals surface area contributed by atoms with Gasteiger partial charge in [0.15, 0.2) is 0 Å². The highest BCUT2D eigenvalue weighted by atomic mass is 16.5. The highest BCUT2D eigenvalue weighted by Crippen LogP contribution is 2.07. The van der Waals surface area contributed by atoms with E-state index < -0.39 is 17.9 Å². The minimum absolute atomic E-state index is 0.137. The van der Waals surface area contributed by atoms with Crippen LogP contribution >= 0.6 is 0 Å². The van der Waals surface area contributed by atoms with Gasteiger partial charge in [-0.2, -0.15) is 5.26 Å². The van der Waals surface area contributed by atoms with Crippen LogP contribution in [0.2, 0.25) is 0 Å². The lowest BCUT2D eigenvalue weighted by molar-refractivity contribution is -0.131. The number of nitriles is 1. The van der Waals surface area contributed by atoms with Gasteiger partial charge in [0.05, 0.1) is 19.3 Å². The predicted octanol–water partition coefficient (Wildman–Crippen LogP) is -0.831. The Hall–Kier alpha value is -1.65. The van der Waals surface area contributed by atoms with E-state index in [0.29, 0.717) is 13.2 Å². The molecule has 0 saturated carbocycles. The minimum atomic E-state index is -0.858. The van der Waals surface area contributed by atoms with E-state index in [9.17, 15) is 9.59 Å². The molecule has 0 unspecified atom stereocenters. The molecule has 0 bridgehead atoms. The Kier molecular flexibility index (Phi) is 8.53. The highest BCUT2D eigenvalue weighted by Gasteiger charge is 2.24. The van der Waals surface area contributed by atoms with Crippen molar-refractivity contribution < 1.29 is 19.1 Å². The van der Waals surface area contributed by atoms with Gasteiger partial charge in [-0.3, -0.25) is 9.59 Å². The molecule has 18 heavy (non-hydrogen) atoms. The number of hydrogen-bond donors (Lipinski definition) is 2. The molecule has 0 aliphatic carbocycles. The molecule has 0 aliphatic heterocycles. The molecule has 3 N–H and O–H groups in total. The fraction of sp³-hybridized carbons (Fsp3) is 0.727. The van der Waals surface area contributed by atoms with Gasteiger partial charge in [-0.25, -0.2) is 0 Å². The maximum Gasteiger partial charge on any atom is 0.246 e. The fourth-order valence-electron chi connectivity index (χ4n) is 1.28. The molecule has 102 valence electrons. The monoisotopic (exact) mass is 257 g/mol. The molecule has 0 aromatic carbocycles. The maximum absolute atomic E-state index is 11.5. The molecule has 0 aliphatic rings. The summed E-state index contributed by atoms with van der Waals surface area (Å²) in [6.07, 6.45) is 0.137. The first-order valence-electron chi connectivity index (χ1n) is 5.55. The van der Waals surface area contributed by atoms with Crippen molar-refractivity contribution in [1.29, 1.82) is 5.26 Å². The fourth-order valence-corrected chi connectivity index (χ4v) is 1.28. The van der Waals surface area contributed by atoms with Gasteiger partial charge in [0.2, 0.25) is 11.8 Å². The average Bonchev–Trinajstić information content (AvgIpc) is 2.31. The van der Waals surface area contributed by atoms with Crippen molar-refractivity contribution in [3.8, 4) is 6.07 Å². The van der Waals surface area contributed by atoms with Crippen LogP contribution in [-0.4, -0.2) is 44.8 Å². The average molecular weight is 257 g/mol. The van der Waals surface area contributed by atoms with Crippen LogP contribution in [0.15, 0.2) is 0 Å². The van der Waals surface area contributed by atoms with E-state index in [1.54, 1.807) is 6.92 Å². The summed E-state index contributed by atoms with van der Waals surface area (Å²) in [6.45, 7) is 2.17. The first kappa shape index (κ1) is 16.4. The summed E-state index contributed by atoms with van der Waals surface area (Å²) in [7, 11) is 1.52. The lowest BCUT2D eigenvalue weighted by atomic mass is 9.98. The number of nitrogens with one attached hydrogen (secondary N) is 1. The van der Waals surface area contributed by atoms with Crippen LogP contribution < -0.4 is 11.1 Å². The first-order valence-corrected chi connectivity index (χ1v) is 5.55. The molecular weight excluding hydrogens is 238 g/mol. The SMILES string of the molecule is COCCOCC(=O)N[C@H](C(N)=O)[C@@H](C)CC#N. The Morgan fingerprint density at radius 2 is 2.11 bits per heavy atom. The topological polar surface area (TPSA) is 114 Å². The Labute approximate surface area is 106 Å². The van der Waals surface area contributed by atoms with Crippen LogP contribution in [-0.2, 0) is 19.1 Å².